The van der Waals surface area contributed by atoms with Crippen LogP contribution in [0.4, 0.5) is 11.4 Å². The summed E-state index contributed by atoms with van der Waals surface area (Å²) in [6, 6.07) is 6.85. The molecule has 0 spiro atoms. The average Bonchev–Trinajstić information content (AvgIpc) is 2.61. The molecule has 0 unspecified atom stereocenters. The van der Waals surface area contributed by atoms with Gasteiger partial charge in [0.15, 0.2) is 0 Å². The Labute approximate surface area is 154 Å². The number of rotatable bonds is 7. The van der Waals surface area contributed by atoms with E-state index in [9.17, 15) is 14.4 Å². The quantitative estimate of drug-likeness (QED) is 0.736. The SMILES string of the molecule is CC(=O)Nc1ccc(N(CC(=O)NCCC2=CCCCC2)C(C)=O)cc1. The summed E-state index contributed by atoms with van der Waals surface area (Å²) in [4.78, 5) is 36.6. The summed E-state index contributed by atoms with van der Waals surface area (Å²) in [6.07, 6.45) is 7.88. The molecule has 6 heteroatoms. The van der Waals surface area contributed by atoms with Crippen molar-refractivity contribution in [3.05, 3.63) is 35.9 Å². The van der Waals surface area contributed by atoms with E-state index < -0.39 is 0 Å². The van der Waals surface area contributed by atoms with Crippen LogP contribution in [0, 0.1) is 0 Å². The summed E-state index contributed by atoms with van der Waals surface area (Å²) in [6.45, 7) is 3.44. The van der Waals surface area contributed by atoms with Crippen molar-refractivity contribution in [2.24, 2.45) is 0 Å². The maximum absolute atomic E-state index is 12.2. The highest BCUT2D eigenvalue weighted by Crippen LogP contribution is 2.20. The molecule has 1 aliphatic rings. The van der Waals surface area contributed by atoms with Crippen LogP contribution in [0.5, 0.6) is 0 Å². The summed E-state index contributed by atoms with van der Waals surface area (Å²) in [5.41, 5.74) is 2.68. The van der Waals surface area contributed by atoms with Gasteiger partial charge in [-0.25, -0.2) is 0 Å². The van der Waals surface area contributed by atoms with Gasteiger partial charge in [0.25, 0.3) is 0 Å². The van der Waals surface area contributed by atoms with E-state index in [1.807, 2.05) is 0 Å². The molecule has 0 radical (unpaired) electrons. The zero-order chi connectivity index (χ0) is 18.9. The largest absolute Gasteiger partial charge is 0.354 e. The van der Waals surface area contributed by atoms with Crippen LogP contribution in [0.2, 0.25) is 0 Å². The molecule has 2 N–H and O–H groups in total. The Morgan fingerprint density at radius 3 is 2.38 bits per heavy atom. The zero-order valence-electron chi connectivity index (χ0n) is 15.5. The molecule has 0 fully saturated rings. The van der Waals surface area contributed by atoms with Gasteiger partial charge in [0, 0.05) is 31.8 Å². The number of hydrogen-bond acceptors (Lipinski definition) is 3. The predicted molar refractivity (Wildman–Crippen MR) is 103 cm³/mol. The third-order valence-electron chi connectivity index (χ3n) is 4.33. The van der Waals surface area contributed by atoms with Crippen molar-refractivity contribution < 1.29 is 14.4 Å². The van der Waals surface area contributed by atoms with Crippen molar-refractivity contribution in [2.75, 3.05) is 23.3 Å². The first-order valence-corrected chi connectivity index (χ1v) is 9.06. The summed E-state index contributed by atoms with van der Waals surface area (Å²) >= 11 is 0. The van der Waals surface area contributed by atoms with Crippen molar-refractivity contribution in [1.29, 1.82) is 0 Å². The molecule has 1 aromatic rings. The van der Waals surface area contributed by atoms with Crippen LogP contribution in [0.1, 0.15) is 46.0 Å². The number of carbonyl (C=O) groups is 3. The highest BCUT2D eigenvalue weighted by molar-refractivity contribution is 5.97. The fraction of sp³-hybridized carbons (Fsp3) is 0.450. The van der Waals surface area contributed by atoms with E-state index in [0.29, 0.717) is 17.9 Å². The second-order valence-corrected chi connectivity index (χ2v) is 6.54. The van der Waals surface area contributed by atoms with Crippen LogP contribution in [0.3, 0.4) is 0 Å². The van der Waals surface area contributed by atoms with Gasteiger partial charge in [0.1, 0.15) is 6.54 Å². The van der Waals surface area contributed by atoms with Gasteiger partial charge in [-0.3, -0.25) is 14.4 Å². The molecule has 3 amide bonds. The van der Waals surface area contributed by atoms with Gasteiger partial charge in [0.05, 0.1) is 0 Å². The number of amides is 3. The Kier molecular flexibility index (Phi) is 7.38. The van der Waals surface area contributed by atoms with Gasteiger partial charge in [-0.1, -0.05) is 11.6 Å². The van der Waals surface area contributed by atoms with Gasteiger partial charge < -0.3 is 15.5 Å². The van der Waals surface area contributed by atoms with E-state index >= 15 is 0 Å². The number of carbonyl (C=O) groups excluding carboxylic acids is 3. The summed E-state index contributed by atoms with van der Waals surface area (Å²) in [7, 11) is 0. The van der Waals surface area contributed by atoms with Crippen LogP contribution in [0.15, 0.2) is 35.9 Å². The van der Waals surface area contributed by atoms with E-state index in [0.717, 1.165) is 19.3 Å². The van der Waals surface area contributed by atoms with Gasteiger partial charge in [-0.05, 0) is 56.4 Å². The molecule has 0 saturated heterocycles. The molecule has 0 bridgehead atoms. The molecule has 140 valence electrons. The van der Waals surface area contributed by atoms with Crippen molar-refractivity contribution >= 4 is 29.1 Å². The van der Waals surface area contributed by atoms with Crippen molar-refractivity contribution in [3.63, 3.8) is 0 Å². The zero-order valence-corrected chi connectivity index (χ0v) is 15.5. The van der Waals surface area contributed by atoms with E-state index in [4.69, 9.17) is 0 Å². The Bertz CT molecular complexity index is 680. The predicted octanol–water partition coefficient (Wildman–Crippen LogP) is 3.00. The minimum atomic E-state index is -0.206. The maximum atomic E-state index is 12.2. The van der Waals surface area contributed by atoms with E-state index in [1.165, 1.54) is 37.2 Å². The molecular formula is C20H27N3O3. The molecule has 0 aliphatic heterocycles. The lowest BCUT2D eigenvalue weighted by Gasteiger charge is -2.21. The molecule has 1 aromatic carbocycles. The highest BCUT2D eigenvalue weighted by atomic mass is 16.2. The molecular weight excluding hydrogens is 330 g/mol. The lowest BCUT2D eigenvalue weighted by Crippen LogP contribution is -2.40. The number of hydrogen-bond donors (Lipinski definition) is 2. The first kappa shape index (κ1) is 19.7. The number of benzene rings is 1. The molecule has 0 heterocycles. The third-order valence-corrected chi connectivity index (χ3v) is 4.33. The van der Waals surface area contributed by atoms with Gasteiger partial charge in [-0.2, -0.15) is 0 Å². The van der Waals surface area contributed by atoms with Crippen LogP contribution in [-0.4, -0.2) is 30.8 Å². The van der Waals surface area contributed by atoms with Crippen molar-refractivity contribution in [2.45, 2.75) is 46.0 Å². The smallest absolute Gasteiger partial charge is 0.240 e. The van der Waals surface area contributed by atoms with Gasteiger partial charge >= 0.3 is 0 Å². The van der Waals surface area contributed by atoms with Gasteiger partial charge in [0.2, 0.25) is 17.7 Å². The second kappa shape index (κ2) is 9.75. The Morgan fingerprint density at radius 1 is 1.08 bits per heavy atom. The van der Waals surface area contributed by atoms with E-state index in [-0.39, 0.29) is 24.3 Å². The molecule has 1 aliphatic carbocycles. The van der Waals surface area contributed by atoms with E-state index in [2.05, 4.69) is 16.7 Å². The topological polar surface area (TPSA) is 78.5 Å². The van der Waals surface area contributed by atoms with Crippen molar-refractivity contribution in [1.82, 2.24) is 5.32 Å². The first-order valence-electron chi connectivity index (χ1n) is 9.06. The summed E-state index contributed by atoms with van der Waals surface area (Å²) < 4.78 is 0. The minimum Gasteiger partial charge on any atom is -0.354 e. The Morgan fingerprint density at radius 2 is 1.81 bits per heavy atom. The van der Waals surface area contributed by atoms with E-state index in [1.54, 1.807) is 24.3 Å². The van der Waals surface area contributed by atoms with Crippen LogP contribution < -0.4 is 15.5 Å². The lowest BCUT2D eigenvalue weighted by atomic mass is 9.97. The monoisotopic (exact) mass is 357 g/mol. The number of anilines is 2. The fourth-order valence-corrected chi connectivity index (χ4v) is 3.01. The van der Waals surface area contributed by atoms with Crippen LogP contribution in [0.25, 0.3) is 0 Å². The van der Waals surface area contributed by atoms with Crippen LogP contribution in [-0.2, 0) is 14.4 Å². The molecule has 26 heavy (non-hydrogen) atoms. The normalized spacial score (nSPS) is 13.5. The number of nitrogens with one attached hydrogen (secondary N) is 2. The standard InChI is InChI=1S/C20H27N3O3/c1-15(24)22-18-8-10-19(11-9-18)23(16(2)25)14-20(26)21-13-12-17-6-4-3-5-7-17/h6,8-11H,3-5,7,12-14H2,1-2H3,(H,21,26)(H,22,24). The summed E-state index contributed by atoms with van der Waals surface area (Å²) in [5.74, 6) is -0.543. The second-order valence-electron chi connectivity index (χ2n) is 6.54. The Hall–Kier alpha value is -2.63. The lowest BCUT2D eigenvalue weighted by molar-refractivity contribution is -0.123. The fourth-order valence-electron chi connectivity index (χ4n) is 3.01. The maximum Gasteiger partial charge on any atom is 0.240 e. The van der Waals surface area contributed by atoms with Crippen LogP contribution >= 0.6 is 0 Å². The highest BCUT2D eigenvalue weighted by Gasteiger charge is 2.16. The molecule has 0 aromatic heterocycles. The minimum absolute atomic E-state index is 0.0200. The van der Waals surface area contributed by atoms with Gasteiger partial charge in [-0.15, -0.1) is 0 Å². The molecule has 0 saturated carbocycles. The first-order chi connectivity index (χ1) is 12.5. The Balaban J connectivity index is 1.88. The number of allylic oxidation sites excluding steroid dienone is 1. The third kappa shape index (κ3) is 6.35. The van der Waals surface area contributed by atoms with Crippen molar-refractivity contribution in [3.8, 4) is 0 Å². The average molecular weight is 357 g/mol. The molecule has 6 nitrogen and oxygen atoms in total. The molecule has 2 rings (SSSR count). The molecule has 0 atom stereocenters. The summed E-state index contributed by atoms with van der Waals surface area (Å²) in [5, 5.41) is 5.56. The number of nitrogens with zero attached hydrogens (tertiary/aromatic N) is 1.